The maximum absolute atomic E-state index is 13.1. The van der Waals surface area contributed by atoms with Crippen molar-refractivity contribution in [3.05, 3.63) is 24.0 Å². The van der Waals surface area contributed by atoms with Gasteiger partial charge in [0.2, 0.25) is 0 Å². The van der Waals surface area contributed by atoms with E-state index in [9.17, 15) is 4.39 Å². The third kappa shape index (κ3) is 2.67. The molecule has 1 saturated heterocycles. The van der Waals surface area contributed by atoms with Gasteiger partial charge in [0.05, 0.1) is 11.0 Å². The minimum atomic E-state index is -0.223. The zero-order chi connectivity index (χ0) is 12.4. The number of nitrogens with one attached hydrogen (secondary N) is 2. The van der Waals surface area contributed by atoms with Crippen molar-refractivity contribution in [1.82, 2.24) is 15.3 Å². The number of rotatable bonds is 3. The van der Waals surface area contributed by atoms with Gasteiger partial charge < -0.3 is 10.3 Å². The van der Waals surface area contributed by atoms with Gasteiger partial charge in [0.1, 0.15) is 5.82 Å². The number of halogens is 1. The summed E-state index contributed by atoms with van der Waals surface area (Å²) in [6.07, 6.45) is 2.55. The fourth-order valence-corrected chi connectivity index (χ4v) is 3.31. The lowest BCUT2D eigenvalue weighted by Gasteiger charge is -2.21. The van der Waals surface area contributed by atoms with Crippen molar-refractivity contribution in [3.8, 4) is 0 Å². The molecule has 0 amide bonds. The zero-order valence-electron chi connectivity index (χ0n) is 10.1. The first kappa shape index (κ1) is 12.0. The van der Waals surface area contributed by atoms with Crippen LogP contribution >= 0.6 is 11.8 Å². The van der Waals surface area contributed by atoms with Gasteiger partial charge >= 0.3 is 0 Å². The molecule has 1 unspecified atom stereocenters. The Morgan fingerprint density at radius 3 is 3.22 bits per heavy atom. The average Bonchev–Trinajstić information content (AvgIpc) is 2.79. The van der Waals surface area contributed by atoms with E-state index in [-0.39, 0.29) is 5.82 Å². The van der Waals surface area contributed by atoms with Gasteiger partial charge in [0.25, 0.3) is 0 Å². The third-order valence-corrected chi connectivity index (χ3v) is 4.38. The topological polar surface area (TPSA) is 40.7 Å². The first-order valence-corrected chi connectivity index (χ1v) is 7.28. The number of imidazole rings is 1. The summed E-state index contributed by atoms with van der Waals surface area (Å²) in [6, 6.07) is 4.66. The fraction of sp³-hybridized carbons (Fsp3) is 0.462. The molecular weight excluding hydrogens is 249 g/mol. The molecule has 5 heteroatoms. The molecule has 1 aromatic carbocycles. The number of benzene rings is 1. The molecule has 18 heavy (non-hydrogen) atoms. The molecule has 1 atom stereocenters. The molecule has 3 rings (SSSR count). The van der Waals surface area contributed by atoms with Crippen molar-refractivity contribution in [1.29, 1.82) is 0 Å². The van der Waals surface area contributed by atoms with Gasteiger partial charge in [-0.25, -0.2) is 9.37 Å². The molecule has 0 radical (unpaired) electrons. The Morgan fingerprint density at radius 1 is 1.44 bits per heavy atom. The van der Waals surface area contributed by atoms with Crippen molar-refractivity contribution < 1.29 is 4.39 Å². The molecule has 0 bridgehead atoms. The van der Waals surface area contributed by atoms with E-state index >= 15 is 0 Å². The van der Waals surface area contributed by atoms with Crippen LogP contribution in [0.1, 0.15) is 12.8 Å². The van der Waals surface area contributed by atoms with Crippen molar-refractivity contribution in [2.45, 2.75) is 18.0 Å². The molecule has 0 spiro atoms. The highest BCUT2D eigenvalue weighted by molar-refractivity contribution is 7.99. The Morgan fingerprint density at radius 2 is 2.39 bits per heavy atom. The number of aromatic nitrogens is 2. The van der Waals surface area contributed by atoms with Gasteiger partial charge in [-0.1, -0.05) is 11.8 Å². The summed E-state index contributed by atoms with van der Waals surface area (Å²) in [4.78, 5) is 7.63. The molecular formula is C13H16FN3S. The van der Waals surface area contributed by atoms with E-state index in [4.69, 9.17) is 0 Å². The van der Waals surface area contributed by atoms with E-state index in [1.807, 2.05) is 0 Å². The van der Waals surface area contributed by atoms with Gasteiger partial charge in [-0.15, -0.1) is 0 Å². The number of thioether (sulfide) groups is 1. The van der Waals surface area contributed by atoms with Crippen LogP contribution in [0.5, 0.6) is 0 Å². The minimum absolute atomic E-state index is 0.223. The molecule has 3 nitrogen and oxygen atoms in total. The Labute approximate surface area is 110 Å². The van der Waals surface area contributed by atoms with Crippen LogP contribution in [0.2, 0.25) is 0 Å². The van der Waals surface area contributed by atoms with E-state index in [1.165, 1.54) is 25.0 Å². The van der Waals surface area contributed by atoms with Crippen LogP contribution in [0.15, 0.2) is 23.4 Å². The number of nitrogens with zero attached hydrogens (tertiary/aromatic N) is 1. The van der Waals surface area contributed by atoms with Gasteiger partial charge in [-0.2, -0.15) is 0 Å². The van der Waals surface area contributed by atoms with Crippen LogP contribution in [-0.2, 0) is 0 Å². The van der Waals surface area contributed by atoms with E-state index in [2.05, 4.69) is 15.3 Å². The van der Waals surface area contributed by atoms with Crippen LogP contribution in [0.3, 0.4) is 0 Å². The highest BCUT2D eigenvalue weighted by Crippen LogP contribution is 2.24. The quantitative estimate of drug-likeness (QED) is 0.838. The number of hydrogen-bond donors (Lipinski definition) is 2. The molecule has 96 valence electrons. The Bertz CT molecular complexity index is 534. The molecule has 1 aliphatic rings. The van der Waals surface area contributed by atoms with Gasteiger partial charge in [-0.05, 0) is 50.0 Å². The monoisotopic (exact) mass is 265 g/mol. The minimum Gasteiger partial charge on any atom is -0.333 e. The van der Waals surface area contributed by atoms with Crippen LogP contribution in [-0.4, -0.2) is 28.8 Å². The van der Waals surface area contributed by atoms with Gasteiger partial charge in [0.15, 0.2) is 5.16 Å². The number of piperidine rings is 1. The highest BCUT2D eigenvalue weighted by Gasteiger charge is 2.14. The first-order chi connectivity index (χ1) is 8.81. The maximum Gasteiger partial charge on any atom is 0.166 e. The first-order valence-electron chi connectivity index (χ1n) is 6.30. The van der Waals surface area contributed by atoms with Gasteiger partial charge in [0, 0.05) is 5.75 Å². The summed E-state index contributed by atoms with van der Waals surface area (Å²) in [6.45, 7) is 2.24. The summed E-state index contributed by atoms with van der Waals surface area (Å²) in [5.41, 5.74) is 1.61. The predicted octanol–water partition coefficient (Wildman–Crippen LogP) is 2.79. The van der Waals surface area contributed by atoms with Crippen molar-refractivity contribution in [2.24, 2.45) is 5.92 Å². The highest BCUT2D eigenvalue weighted by atomic mass is 32.2. The zero-order valence-corrected chi connectivity index (χ0v) is 10.9. The molecule has 2 heterocycles. The standard InChI is InChI=1S/C13H16FN3S/c14-10-3-4-11-12(6-10)17-13(16-11)18-8-9-2-1-5-15-7-9/h3-4,6,9,15H,1-2,5,7-8H2,(H,16,17). The van der Waals surface area contributed by atoms with Crippen LogP contribution < -0.4 is 5.32 Å². The maximum atomic E-state index is 13.1. The van der Waals surface area contributed by atoms with Crippen LogP contribution in [0.25, 0.3) is 11.0 Å². The molecule has 2 aromatic rings. The van der Waals surface area contributed by atoms with Crippen LogP contribution in [0, 0.1) is 11.7 Å². The lowest BCUT2D eigenvalue weighted by molar-refractivity contribution is 0.410. The molecule has 0 saturated carbocycles. The lowest BCUT2D eigenvalue weighted by Crippen LogP contribution is -2.30. The summed E-state index contributed by atoms with van der Waals surface area (Å²) < 4.78 is 13.1. The number of hydrogen-bond acceptors (Lipinski definition) is 3. The number of fused-ring (bicyclic) bond motifs is 1. The number of aromatic amines is 1. The smallest absolute Gasteiger partial charge is 0.166 e. The third-order valence-electron chi connectivity index (χ3n) is 3.28. The summed E-state index contributed by atoms with van der Waals surface area (Å²) >= 11 is 1.73. The summed E-state index contributed by atoms with van der Waals surface area (Å²) in [7, 11) is 0. The number of H-pyrrole nitrogens is 1. The largest absolute Gasteiger partial charge is 0.333 e. The predicted molar refractivity (Wildman–Crippen MR) is 72.4 cm³/mol. The fourth-order valence-electron chi connectivity index (χ4n) is 2.29. The second-order valence-electron chi connectivity index (χ2n) is 4.73. The Kier molecular flexibility index (Phi) is 3.52. The molecule has 1 aromatic heterocycles. The Hall–Kier alpha value is -1.07. The van der Waals surface area contributed by atoms with E-state index in [0.29, 0.717) is 5.92 Å². The lowest BCUT2D eigenvalue weighted by atomic mass is 10.0. The second kappa shape index (κ2) is 5.28. The van der Waals surface area contributed by atoms with E-state index in [0.717, 1.165) is 35.0 Å². The molecule has 1 fully saturated rings. The average molecular weight is 265 g/mol. The van der Waals surface area contributed by atoms with Crippen LogP contribution in [0.4, 0.5) is 4.39 Å². The molecule has 0 aliphatic carbocycles. The van der Waals surface area contributed by atoms with E-state index in [1.54, 1.807) is 17.8 Å². The summed E-state index contributed by atoms with van der Waals surface area (Å²) in [5, 5.41) is 4.30. The van der Waals surface area contributed by atoms with Gasteiger partial charge in [-0.3, -0.25) is 0 Å². The Balaban J connectivity index is 1.67. The second-order valence-corrected chi connectivity index (χ2v) is 5.74. The SMILES string of the molecule is Fc1ccc2nc(SCC3CCCNC3)[nH]c2c1. The van der Waals surface area contributed by atoms with E-state index < -0.39 is 0 Å². The molecule has 2 N–H and O–H groups in total. The normalized spacial score (nSPS) is 20.4. The van der Waals surface area contributed by atoms with Crippen molar-refractivity contribution >= 4 is 22.8 Å². The van der Waals surface area contributed by atoms with Crippen molar-refractivity contribution in [2.75, 3.05) is 18.8 Å². The molecule has 1 aliphatic heterocycles. The summed E-state index contributed by atoms with van der Waals surface area (Å²) in [5.74, 6) is 1.56. The van der Waals surface area contributed by atoms with Crippen molar-refractivity contribution in [3.63, 3.8) is 0 Å².